The van der Waals surface area contributed by atoms with Crippen LogP contribution >= 0.6 is 8.69 Å². The fourth-order valence-corrected chi connectivity index (χ4v) is 2.31. The molecule has 0 aromatic carbocycles. The van der Waals surface area contributed by atoms with E-state index in [1.807, 2.05) is 0 Å². The van der Waals surface area contributed by atoms with Gasteiger partial charge in [0, 0.05) is 0 Å². The van der Waals surface area contributed by atoms with Crippen molar-refractivity contribution in [1.82, 2.24) is 0 Å². The van der Waals surface area contributed by atoms with Gasteiger partial charge in [-0.25, -0.2) is 4.57 Å². The van der Waals surface area contributed by atoms with Crippen LogP contribution in [0.15, 0.2) is 0 Å². The highest BCUT2D eigenvalue weighted by Crippen LogP contribution is 2.07. The first kappa shape index (κ1) is 13.2. The van der Waals surface area contributed by atoms with Crippen molar-refractivity contribution in [2.45, 2.75) is 37.3 Å². The standard InChI is InChI=1S/2C3H7.Al.HO2P/c2*1-3-2;;1-3-2/h2*3H,1-2H3;;(H,1,2). The minimum atomic E-state index is -0.833. The van der Waals surface area contributed by atoms with Gasteiger partial charge in [-0.15, -0.1) is 0 Å². The van der Waals surface area contributed by atoms with Crippen LogP contribution in [0, 0.1) is 0 Å². The second kappa shape index (κ2) is 9.59. The SMILES string of the molecule is C[CH](C)[Al][CH](C)C.O=PO. The number of hydrogen-bond acceptors (Lipinski definition) is 1. The largest absolute Gasteiger partial charge is 0.324 e. The third-order valence-corrected chi connectivity index (χ3v) is 2.31. The molecular weight excluding hydrogens is 162 g/mol. The average Bonchev–Trinajstić information content (AvgIpc) is 1.62. The molecule has 0 unspecified atom stereocenters. The smallest absolute Gasteiger partial charge is 0.310 e. The molecule has 0 aromatic heterocycles. The van der Waals surface area contributed by atoms with Crippen molar-refractivity contribution in [1.29, 1.82) is 0 Å². The monoisotopic (exact) mass is 177 g/mol. The highest BCUT2D eigenvalue weighted by molar-refractivity contribution is 7.16. The summed E-state index contributed by atoms with van der Waals surface area (Å²) in [5.74, 6) is 0. The summed E-state index contributed by atoms with van der Waals surface area (Å²) in [7, 11) is -0.833. The Balaban J connectivity index is 0. The summed E-state index contributed by atoms with van der Waals surface area (Å²) in [6.45, 7) is 9.20. The summed E-state index contributed by atoms with van der Waals surface area (Å²) in [6.07, 6.45) is 0. The van der Waals surface area contributed by atoms with Gasteiger partial charge in [0.1, 0.15) is 0 Å². The van der Waals surface area contributed by atoms with Crippen LogP contribution in [0.1, 0.15) is 27.7 Å². The third kappa shape index (κ3) is 23.5. The highest BCUT2D eigenvalue weighted by atomic mass is 31.1. The normalized spacial score (nSPS) is 9.50. The summed E-state index contributed by atoms with van der Waals surface area (Å²) < 4.78 is 10.4. The lowest BCUT2D eigenvalue weighted by Gasteiger charge is -2.02. The van der Waals surface area contributed by atoms with E-state index in [2.05, 4.69) is 27.7 Å². The van der Waals surface area contributed by atoms with E-state index in [0.29, 0.717) is 15.2 Å². The zero-order valence-electron chi connectivity index (χ0n) is 7.03. The van der Waals surface area contributed by atoms with Gasteiger partial charge in [-0.3, -0.25) is 0 Å². The Morgan fingerprint density at radius 3 is 1.40 bits per heavy atom. The molecule has 0 rings (SSSR count). The molecule has 1 N–H and O–H groups in total. The Morgan fingerprint density at radius 2 is 1.40 bits per heavy atom. The molecule has 0 fully saturated rings. The quantitative estimate of drug-likeness (QED) is 0.519. The lowest BCUT2D eigenvalue weighted by atomic mass is 10.5. The van der Waals surface area contributed by atoms with Crippen molar-refractivity contribution in [3.05, 3.63) is 0 Å². The number of hydrogen-bond donors (Lipinski definition) is 1. The lowest BCUT2D eigenvalue weighted by Crippen LogP contribution is -1.98. The van der Waals surface area contributed by atoms with E-state index in [9.17, 15) is 0 Å². The maximum absolute atomic E-state index is 8.46. The van der Waals surface area contributed by atoms with E-state index in [1.165, 1.54) is 0 Å². The molecule has 2 nitrogen and oxygen atoms in total. The zero-order valence-corrected chi connectivity index (χ0v) is 9.08. The number of rotatable bonds is 2. The molecule has 0 bridgehead atoms. The van der Waals surface area contributed by atoms with Crippen LogP contribution in [-0.4, -0.2) is 20.1 Å². The fourth-order valence-electron chi connectivity index (χ4n) is 0.770. The zero-order chi connectivity index (χ0) is 8.57. The first-order chi connectivity index (χ1) is 4.54. The third-order valence-electron chi connectivity index (χ3n) is 0.770. The Hall–Kier alpha value is 0.592. The van der Waals surface area contributed by atoms with E-state index in [0.717, 1.165) is 9.56 Å². The first-order valence-corrected chi connectivity index (χ1v) is 5.46. The molecule has 10 heavy (non-hydrogen) atoms. The summed E-state index contributed by atoms with van der Waals surface area (Å²) in [4.78, 5) is 6.99. The Morgan fingerprint density at radius 1 is 1.20 bits per heavy atom. The van der Waals surface area contributed by atoms with Crippen LogP contribution < -0.4 is 0 Å². The second-order valence-electron chi connectivity index (χ2n) is 2.76. The van der Waals surface area contributed by atoms with E-state index in [-0.39, 0.29) is 0 Å². The maximum Gasteiger partial charge on any atom is 0.324 e. The highest BCUT2D eigenvalue weighted by Gasteiger charge is 1.99. The molecule has 0 aliphatic heterocycles. The minimum absolute atomic E-state index is 0.713. The summed E-state index contributed by atoms with van der Waals surface area (Å²) in [6, 6.07) is 0. The predicted octanol–water partition coefficient (Wildman–Crippen LogP) is 2.53. The van der Waals surface area contributed by atoms with Gasteiger partial charge in [0.25, 0.3) is 0 Å². The molecule has 0 atom stereocenters. The van der Waals surface area contributed by atoms with Crippen molar-refractivity contribution >= 4 is 23.9 Å². The first-order valence-electron chi connectivity index (χ1n) is 3.36. The van der Waals surface area contributed by atoms with Gasteiger partial charge in [0.2, 0.25) is 15.2 Å². The van der Waals surface area contributed by atoms with Crippen LogP contribution in [0.2, 0.25) is 9.56 Å². The van der Waals surface area contributed by atoms with Gasteiger partial charge in [-0.05, 0) is 0 Å². The molecule has 0 aliphatic carbocycles. The summed E-state index contributed by atoms with van der Waals surface area (Å²) in [5, 5.41) is 0. The van der Waals surface area contributed by atoms with Crippen molar-refractivity contribution in [2.75, 3.05) is 0 Å². The molecule has 0 amide bonds. The van der Waals surface area contributed by atoms with Crippen LogP contribution in [0.4, 0.5) is 0 Å². The Kier molecular flexibility index (Phi) is 12.7. The van der Waals surface area contributed by atoms with Crippen molar-refractivity contribution in [2.24, 2.45) is 0 Å². The summed E-state index contributed by atoms with van der Waals surface area (Å²) in [5.41, 5.74) is 0. The van der Waals surface area contributed by atoms with Crippen molar-refractivity contribution in [3.63, 3.8) is 0 Å². The van der Waals surface area contributed by atoms with Crippen LogP contribution in [-0.2, 0) is 4.57 Å². The molecule has 0 saturated carbocycles. The molecule has 0 aromatic rings. The van der Waals surface area contributed by atoms with E-state index in [4.69, 9.17) is 9.46 Å². The Bertz CT molecular complexity index is 70.1. The van der Waals surface area contributed by atoms with Gasteiger partial charge < -0.3 is 4.89 Å². The van der Waals surface area contributed by atoms with E-state index in [1.54, 1.807) is 0 Å². The lowest BCUT2D eigenvalue weighted by molar-refractivity contribution is 0.524. The summed E-state index contributed by atoms with van der Waals surface area (Å²) >= 11 is 0.713. The Labute approximate surface area is 71.0 Å². The van der Waals surface area contributed by atoms with Gasteiger partial charge in [0.05, 0.1) is 0 Å². The minimum Gasteiger partial charge on any atom is -0.310 e. The van der Waals surface area contributed by atoms with E-state index < -0.39 is 8.69 Å². The molecule has 1 radical (unpaired) electrons. The molecule has 0 saturated heterocycles. The molecular formula is C6H15AlO2P. The molecule has 0 aliphatic rings. The van der Waals surface area contributed by atoms with Gasteiger partial charge in [-0.2, -0.15) is 0 Å². The van der Waals surface area contributed by atoms with E-state index >= 15 is 0 Å². The van der Waals surface area contributed by atoms with Crippen LogP contribution in [0.25, 0.3) is 0 Å². The molecule has 0 spiro atoms. The molecule has 4 heteroatoms. The predicted molar refractivity (Wildman–Crippen MR) is 45.8 cm³/mol. The molecule has 59 valence electrons. The average molecular weight is 177 g/mol. The maximum atomic E-state index is 8.46. The van der Waals surface area contributed by atoms with Gasteiger partial charge in [0.15, 0.2) is 0 Å². The van der Waals surface area contributed by atoms with Crippen molar-refractivity contribution < 1.29 is 9.46 Å². The van der Waals surface area contributed by atoms with Gasteiger partial charge in [-0.1, -0.05) is 37.3 Å². The molecule has 0 heterocycles. The second-order valence-corrected chi connectivity index (χ2v) is 5.98. The fraction of sp³-hybridized carbons (Fsp3) is 1.00. The van der Waals surface area contributed by atoms with Crippen LogP contribution in [0.3, 0.4) is 0 Å². The van der Waals surface area contributed by atoms with Crippen LogP contribution in [0.5, 0.6) is 0 Å². The van der Waals surface area contributed by atoms with Crippen molar-refractivity contribution in [3.8, 4) is 0 Å². The topological polar surface area (TPSA) is 37.3 Å². The van der Waals surface area contributed by atoms with Gasteiger partial charge >= 0.3 is 8.69 Å².